The van der Waals surface area contributed by atoms with Gasteiger partial charge in [-0.1, -0.05) is 23.7 Å². The monoisotopic (exact) mass is 423 g/mol. The Labute approximate surface area is 170 Å². The lowest BCUT2D eigenvalue weighted by Gasteiger charge is -2.26. The number of thiophene rings is 1. The molecule has 0 atom stereocenters. The van der Waals surface area contributed by atoms with E-state index in [0.717, 1.165) is 10.4 Å². The van der Waals surface area contributed by atoms with E-state index in [4.69, 9.17) is 22.1 Å². The van der Waals surface area contributed by atoms with E-state index in [2.05, 4.69) is 5.32 Å². The first-order valence-electron chi connectivity index (χ1n) is 8.65. The van der Waals surface area contributed by atoms with Crippen molar-refractivity contribution >= 4 is 51.7 Å². The van der Waals surface area contributed by atoms with Gasteiger partial charge in [-0.3, -0.25) is 4.79 Å². The molecule has 9 heteroatoms. The van der Waals surface area contributed by atoms with Crippen molar-refractivity contribution in [2.24, 2.45) is 0 Å². The topological polar surface area (TPSA) is 84.7 Å². The second kappa shape index (κ2) is 8.62. The third-order valence-electron chi connectivity index (χ3n) is 4.26. The largest absolute Gasteiger partial charge is 0.450 e. The number of ether oxygens (including phenoxy) is 1. The number of hydrogen-bond acceptors (Lipinski definition) is 5. The van der Waals surface area contributed by atoms with Crippen LogP contribution in [0.2, 0.25) is 5.02 Å². The molecular weight excluding hydrogens is 405 g/mol. The van der Waals surface area contributed by atoms with Crippen molar-refractivity contribution in [3.05, 3.63) is 51.1 Å². The predicted molar refractivity (Wildman–Crippen MR) is 109 cm³/mol. The lowest BCUT2D eigenvalue weighted by atomic mass is 10.1. The number of hydrogen-bond donors (Lipinski definition) is 2. The summed E-state index contributed by atoms with van der Waals surface area (Å²) in [5, 5.41) is 3.22. The fourth-order valence-electron chi connectivity index (χ4n) is 2.86. The molecule has 0 fully saturated rings. The number of rotatable bonds is 4. The van der Waals surface area contributed by atoms with Crippen LogP contribution in [0.3, 0.4) is 0 Å². The molecule has 3 N–H and O–H groups in total. The van der Waals surface area contributed by atoms with Gasteiger partial charge in [0, 0.05) is 23.1 Å². The molecule has 1 aliphatic rings. The van der Waals surface area contributed by atoms with Gasteiger partial charge in [0.25, 0.3) is 0 Å². The second-order valence-corrected chi connectivity index (χ2v) is 7.60. The van der Waals surface area contributed by atoms with Crippen molar-refractivity contribution < 1.29 is 18.7 Å². The molecule has 1 aromatic heterocycles. The molecule has 3 rings (SSSR count). The summed E-state index contributed by atoms with van der Waals surface area (Å²) in [4.78, 5) is 26.6. The van der Waals surface area contributed by atoms with E-state index >= 15 is 0 Å². The number of carbonyl (C=O) groups is 2. The minimum absolute atomic E-state index is 0.0103. The standard InChI is InChI=1S/C19H19ClFN3O3S/c1-2-27-19(26)24-9-8-12-14(10-24)28-18(17(12)22)23-15(25)7-6-11-4-3-5-13(20)16(11)21/h3-7H,2,8-10,22H2,1H3,(H,23,25)/b7-6+. The molecule has 0 aliphatic carbocycles. The fraction of sp³-hybridized carbons (Fsp3) is 0.263. The molecule has 0 radical (unpaired) electrons. The molecule has 2 aromatic rings. The van der Waals surface area contributed by atoms with Gasteiger partial charge in [-0.2, -0.15) is 0 Å². The van der Waals surface area contributed by atoms with Crippen molar-refractivity contribution in [3.63, 3.8) is 0 Å². The van der Waals surface area contributed by atoms with Crippen molar-refractivity contribution in [3.8, 4) is 0 Å². The van der Waals surface area contributed by atoms with Crippen LogP contribution in [0.25, 0.3) is 6.08 Å². The molecule has 1 aliphatic heterocycles. The molecular formula is C19H19ClFN3O3S. The zero-order valence-electron chi connectivity index (χ0n) is 15.1. The highest BCUT2D eigenvalue weighted by atomic mass is 35.5. The van der Waals surface area contributed by atoms with Crippen LogP contribution >= 0.6 is 22.9 Å². The Bertz CT molecular complexity index is 945. The molecule has 0 saturated heterocycles. The molecule has 1 aromatic carbocycles. The highest BCUT2D eigenvalue weighted by Gasteiger charge is 2.26. The lowest BCUT2D eigenvalue weighted by Crippen LogP contribution is -2.35. The summed E-state index contributed by atoms with van der Waals surface area (Å²) in [7, 11) is 0. The van der Waals surface area contributed by atoms with E-state index in [0.29, 0.717) is 36.8 Å². The van der Waals surface area contributed by atoms with Gasteiger partial charge in [-0.05, 0) is 31.1 Å². The summed E-state index contributed by atoms with van der Waals surface area (Å²) in [6.07, 6.45) is 2.80. The summed E-state index contributed by atoms with van der Waals surface area (Å²) < 4.78 is 18.9. The van der Waals surface area contributed by atoms with E-state index in [9.17, 15) is 14.0 Å². The zero-order chi connectivity index (χ0) is 20.3. The van der Waals surface area contributed by atoms with Gasteiger partial charge in [0.1, 0.15) is 10.8 Å². The number of anilines is 2. The second-order valence-electron chi connectivity index (χ2n) is 6.08. The van der Waals surface area contributed by atoms with Crippen LogP contribution in [0.5, 0.6) is 0 Å². The lowest BCUT2D eigenvalue weighted by molar-refractivity contribution is -0.111. The summed E-state index contributed by atoms with van der Waals surface area (Å²) in [6.45, 7) is 2.97. The first-order chi connectivity index (χ1) is 13.4. The van der Waals surface area contributed by atoms with Crippen molar-refractivity contribution in [2.45, 2.75) is 19.9 Å². The average Bonchev–Trinajstić information content (AvgIpc) is 2.98. The maximum atomic E-state index is 13.9. The number of halogens is 2. The predicted octanol–water partition coefficient (Wildman–Crippen LogP) is 4.29. The quantitative estimate of drug-likeness (QED) is 0.718. The minimum Gasteiger partial charge on any atom is -0.450 e. The van der Waals surface area contributed by atoms with E-state index in [1.807, 2.05) is 0 Å². The van der Waals surface area contributed by atoms with E-state index in [-0.39, 0.29) is 16.7 Å². The van der Waals surface area contributed by atoms with E-state index < -0.39 is 11.7 Å². The Balaban J connectivity index is 1.70. The number of nitrogen functional groups attached to an aromatic ring is 1. The summed E-state index contributed by atoms with van der Waals surface area (Å²) in [6, 6.07) is 4.56. The van der Waals surface area contributed by atoms with Gasteiger partial charge >= 0.3 is 6.09 Å². The minimum atomic E-state index is -0.585. The average molecular weight is 424 g/mol. The summed E-state index contributed by atoms with van der Waals surface area (Å²) >= 11 is 7.05. The number of benzene rings is 1. The van der Waals surface area contributed by atoms with Crippen molar-refractivity contribution in [2.75, 3.05) is 24.2 Å². The molecule has 0 unspecified atom stereocenters. The maximum absolute atomic E-state index is 13.9. The first-order valence-corrected chi connectivity index (χ1v) is 9.85. The Morgan fingerprint density at radius 3 is 3.00 bits per heavy atom. The van der Waals surface area contributed by atoms with Gasteiger partial charge in [0.05, 0.1) is 23.9 Å². The molecule has 0 saturated carbocycles. The van der Waals surface area contributed by atoms with Crippen LogP contribution < -0.4 is 11.1 Å². The molecule has 2 amide bonds. The number of amides is 2. The Hall–Kier alpha value is -2.58. The Morgan fingerprint density at radius 2 is 2.25 bits per heavy atom. The third kappa shape index (κ3) is 4.28. The van der Waals surface area contributed by atoms with Gasteiger partial charge in [-0.25, -0.2) is 9.18 Å². The summed E-state index contributed by atoms with van der Waals surface area (Å²) in [5.41, 5.74) is 7.81. The smallest absolute Gasteiger partial charge is 0.410 e. The SMILES string of the molecule is CCOC(=O)N1CCc2c(sc(NC(=O)/C=C/c3cccc(Cl)c3F)c2N)C1. The van der Waals surface area contributed by atoms with Crippen LogP contribution in [0.4, 0.5) is 19.9 Å². The number of fused-ring (bicyclic) bond motifs is 1. The van der Waals surface area contributed by atoms with E-state index in [1.165, 1.54) is 35.6 Å². The number of nitrogens with two attached hydrogens (primary N) is 1. The molecule has 6 nitrogen and oxygen atoms in total. The van der Waals surface area contributed by atoms with E-state index in [1.54, 1.807) is 17.9 Å². The fourth-order valence-corrected chi connectivity index (χ4v) is 4.23. The number of nitrogens with one attached hydrogen (secondary N) is 1. The van der Waals surface area contributed by atoms with Crippen LogP contribution in [-0.4, -0.2) is 30.1 Å². The van der Waals surface area contributed by atoms with Gasteiger partial charge in [-0.15, -0.1) is 11.3 Å². The Kier molecular flexibility index (Phi) is 6.21. The van der Waals surface area contributed by atoms with Crippen LogP contribution in [0, 0.1) is 5.82 Å². The molecule has 0 bridgehead atoms. The number of nitrogens with zero attached hydrogens (tertiary/aromatic N) is 1. The molecule has 2 heterocycles. The zero-order valence-corrected chi connectivity index (χ0v) is 16.7. The highest BCUT2D eigenvalue weighted by Crippen LogP contribution is 2.39. The summed E-state index contributed by atoms with van der Waals surface area (Å²) in [5.74, 6) is -1.02. The molecule has 148 valence electrons. The van der Waals surface area contributed by atoms with Gasteiger partial charge in [0.15, 0.2) is 0 Å². The van der Waals surface area contributed by atoms with Crippen LogP contribution in [-0.2, 0) is 22.5 Å². The highest BCUT2D eigenvalue weighted by molar-refractivity contribution is 7.17. The van der Waals surface area contributed by atoms with Crippen molar-refractivity contribution in [1.29, 1.82) is 0 Å². The molecule has 0 spiro atoms. The van der Waals surface area contributed by atoms with Gasteiger partial charge in [0.2, 0.25) is 5.91 Å². The maximum Gasteiger partial charge on any atom is 0.410 e. The Morgan fingerprint density at radius 1 is 1.46 bits per heavy atom. The van der Waals surface area contributed by atoms with Crippen LogP contribution in [0.1, 0.15) is 22.9 Å². The van der Waals surface area contributed by atoms with Gasteiger partial charge < -0.3 is 20.7 Å². The molecule has 28 heavy (non-hydrogen) atoms. The first kappa shape index (κ1) is 20.2. The van der Waals surface area contributed by atoms with Crippen LogP contribution in [0.15, 0.2) is 24.3 Å². The number of carbonyl (C=O) groups excluding carboxylic acids is 2. The third-order valence-corrected chi connectivity index (χ3v) is 5.70. The van der Waals surface area contributed by atoms with Crippen molar-refractivity contribution in [1.82, 2.24) is 4.90 Å². The normalized spacial score (nSPS) is 13.5.